The number of likely N-dealkylation sites (tertiary alicyclic amines) is 1. The molecule has 19 heavy (non-hydrogen) atoms. The van der Waals surface area contributed by atoms with Gasteiger partial charge in [-0.2, -0.15) is 0 Å². The number of benzene rings is 1. The van der Waals surface area contributed by atoms with Crippen molar-refractivity contribution in [3.8, 4) is 0 Å². The molecule has 1 saturated heterocycles. The lowest BCUT2D eigenvalue weighted by molar-refractivity contribution is -0.130. The van der Waals surface area contributed by atoms with Crippen molar-refractivity contribution < 1.29 is 4.79 Å². The average Bonchev–Trinajstić information content (AvgIpc) is 2.47. The fourth-order valence-electron chi connectivity index (χ4n) is 2.78. The number of rotatable bonds is 3. The molecule has 2 heteroatoms. The molecule has 0 bridgehead atoms. The number of nitrogens with zero attached hydrogens (tertiary/aromatic N) is 1. The molecule has 1 atom stereocenters. The Labute approximate surface area is 116 Å². The quantitative estimate of drug-likeness (QED) is 0.752. The van der Waals surface area contributed by atoms with E-state index in [-0.39, 0.29) is 5.91 Å². The van der Waals surface area contributed by atoms with Gasteiger partial charge in [0.25, 0.3) is 0 Å². The maximum atomic E-state index is 12.5. The number of carbonyl (C=O) groups is 1. The third kappa shape index (κ3) is 3.46. The van der Waals surface area contributed by atoms with Crippen molar-refractivity contribution in [2.75, 3.05) is 6.54 Å². The topological polar surface area (TPSA) is 20.3 Å². The van der Waals surface area contributed by atoms with Crippen LogP contribution in [-0.2, 0) is 4.79 Å². The summed E-state index contributed by atoms with van der Waals surface area (Å²) in [5, 5.41) is 0. The summed E-state index contributed by atoms with van der Waals surface area (Å²) in [7, 11) is 0. The molecule has 1 unspecified atom stereocenters. The van der Waals surface area contributed by atoms with Crippen LogP contribution in [0.15, 0.2) is 35.9 Å². The molecule has 1 fully saturated rings. The van der Waals surface area contributed by atoms with Crippen molar-refractivity contribution in [1.82, 2.24) is 4.90 Å². The van der Waals surface area contributed by atoms with E-state index in [1.165, 1.54) is 6.42 Å². The molecule has 102 valence electrons. The predicted octanol–water partition coefficient (Wildman–Crippen LogP) is 3.88. The molecule has 1 amide bonds. The number of amides is 1. The highest BCUT2D eigenvalue weighted by molar-refractivity contribution is 5.97. The molecule has 2 rings (SSSR count). The monoisotopic (exact) mass is 257 g/mol. The summed E-state index contributed by atoms with van der Waals surface area (Å²) < 4.78 is 0. The third-order valence-electron chi connectivity index (χ3n) is 3.88. The summed E-state index contributed by atoms with van der Waals surface area (Å²) in [6, 6.07) is 10.5. The molecular weight excluding hydrogens is 234 g/mol. The van der Waals surface area contributed by atoms with Crippen LogP contribution in [0, 0.1) is 0 Å². The van der Waals surface area contributed by atoms with Gasteiger partial charge < -0.3 is 4.90 Å². The summed E-state index contributed by atoms with van der Waals surface area (Å²) in [6.45, 7) is 5.01. The zero-order chi connectivity index (χ0) is 13.7. The van der Waals surface area contributed by atoms with Crippen LogP contribution in [0.25, 0.3) is 6.08 Å². The second-order valence-corrected chi connectivity index (χ2v) is 5.29. The van der Waals surface area contributed by atoms with E-state index in [0.29, 0.717) is 6.04 Å². The zero-order valence-electron chi connectivity index (χ0n) is 11.9. The predicted molar refractivity (Wildman–Crippen MR) is 79.7 cm³/mol. The van der Waals surface area contributed by atoms with E-state index >= 15 is 0 Å². The van der Waals surface area contributed by atoms with Crippen LogP contribution >= 0.6 is 0 Å². The van der Waals surface area contributed by atoms with Crippen LogP contribution in [0.4, 0.5) is 0 Å². The van der Waals surface area contributed by atoms with E-state index in [9.17, 15) is 4.79 Å². The average molecular weight is 257 g/mol. The maximum Gasteiger partial charge on any atom is 0.249 e. The fraction of sp³-hybridized carbons (Fsp3) is 0.471. The highest BCUT2D eigenvalue weighted by Crippen LogP contribution is 2.22. The van der Waals surface area contributed by atoms with Crippen LogP contribution < -0.4 is 0 Å². The van der Waals surface area contributed by atoms with Crippen LogP contribution in [-0.4, -0.2) is 23.4 Å². The lowest BCUT2D eigenvalue weighted by atomic mass is 9.98. The van der Waals surface area contributed by atoms with E-state index in [4.69, 9.17) is 0 Å². The molecule has 0 N–H and O–H groups in total. The molecule has 0 saturated carbocycles. The van der Waals surface area contributed by atoms with Gasteiger partial charge in [-0.1, -0.05) is 37.3 Å². The largest absolute Gasteiger partial charge is 0.336 e. The van der Waals surface area contributed by atoms with Crippen molar-refractivity contribution in [3.63, 3.8) is 0 Å². The molecule has 1 aliphatic rings. The second-order valence-electron chi connectivity index (χ2n) is 5.29. The Morgan fingerprint density at radius 1 is 1.32 bits per heavy atom. The van der Waals surface area contributed by atoms with Gasteiger partial charge in [-0.25, -0.2) is 0 Å². The molecule has 0 aliphatic carbocycles. The number of hydrogen-bond acceptors (Lipinski definition) is 1. The Hall–Kier alpha value is -1.57. The molecule has 0 aromatic heterocycles. The zero-order valence-corrected chi connectivity index (χ0v) is 11.9. The molecule has 0 spiro atoms. The SMILES string of the molecule is CCC1CCCCN1C(=O)/C(C)=C/c1ccccc1. The minimum absolute atomic E-state index is 0.204. The van der Waals surface area contributed by atoms with Crippen molar-refractivity contribution in [3.05, 3.63) is 41.5 Å². The van der Waals surface area contributed by atoms with Crippen LogP contribution in [0.1, 0.15) is 45.1 Å². The maximum absolute atomic E-state index is 12.5. The lowest BCUT2D eigenvalue weighted by Crippen LogP contribution is -2.43. The summed E-state index contributed by atoms with van der Waals surface area (Å²) in [6.07, 6.45) is 6.60. The van der Waals surface area contributed by atoms with Gasteiger partial charge in [0.15, 0.2) is 0 Å². The van der Waals surface area contributed by atoms with E-state index < -0.39 is 0 Å². The number of carbonyl (C=O) groups excluding carboxylic acids is 1. The Kier molecular flexibility index (Phi) is 4.78. The van der Waals surface area contributed by atoms with Gasteiger partial charge in [-0.3, -0.25) is 4.79 Å². The molecule has 1 aromatic carbocycles. The van der Waals surface area contributed by atoms with Gasteiger partial charge in [0.05, 0.1) is 0 Å². The van der Waals surface area contributed by atoms with Gasteiger partial charge in [0, 0.05) is 18.2 Å². The number of hydrogen-bond donors (Lipinski definition) is 0. The first-order valence-electron chi connectivity index (χ1n) is 7.26. The van der Waals surface area contributed by atoms with Gasteiger partial charge in [0.2, 0.25) is 5.91 Å². The summed E-state index contributed by atoms with van der Waals surface area (Å²) >= 11 is 0. The lowest BCUT2D eigenvalue weighted by Gasteiger charge is -2.35. The van der Waals surface area contributed by atoms with Crippen molar-refractivity contribution in [2.24, 2.45) is 0 Å². The molecule has 2 nitrogen and oxygen atoms in total. The van der Waals surface area contributed by atoms with Crippen molar-refractivity contribution in [1.29, 1.82) is 0 Å². The van der Waals surface area contributed by atoms with Gasteiger partial charge in [0.1, 0.15) is 0 Å². The van der Waals surface area contributed by atoms with E-state index in [2.05, 4.69) is 11.8 Å². The van der Waals surface area contributed by atoms with E-state index in [0.717, 1.165) is 36.9 Å². The van der Waals surface area contributed by atoms with E-state index in [1.54, 1.807) is 0 Å². The second kappa shape index (κ2) is 6.55. The van der Waals surface area contributed by atoms with E-state index in [1.807, 2.05) is 43.3 Å². The van der Waals surface area contributed by atoms with Gasteiger partial charge in [-0.05, 0) is 44.2 Å². The third-order valence-corrected chi connectivity index (χ3v) is 3.88. The Morgan fingerprint density at radius 3 is 2.74 bits per heavy atom. The standard InChI is InChI=1S/C17H23NO/c1-3-16-11-7-8-12-18(16)17(19)14(2)13-15-9-5-4-6-10-15/h4-6,9-10,13,16H,3,7-8,11-12H2,1-2H3/b14-13+. The highest BCUT2D eigenvalue weighted by atomic mass is 16.2. The molecular formula is C17H23NO. The molecule has 1 heterocycles. The Balaban J connectivity index is 2.12. The minimum Gasteiger partial charge on any atom is -0.336 e. The molecule has 0 radical (unpaired) electrons. The summed E-state index contributed by atoms with van der Waals surface area (Å²) in [5.41, 5.74) is 1.94. The van der Waals surface area contributed by atoms with Crippen LogP contribution in [0.2, 0.25) is 0 Å². The Morgan fingerprint density at radius 2 is 2.05 bits per heavy atom. The van der Waals surface area contributed by atoms with Gasteiger partial charge in [-0.15, -0.1) is 0 Å². The first-order valence-corrected chi connectivity index (χ1v) is 7.26. The fourth-order valence-corrected chi connectivity index (χ4v) is 2.78. The summed E-state index contributed by atoms with van der Waals surface area (Å²) in [4.78, 5) is 14.6. The smallest absolute Gasteiger partial charge is 0.249 e. The van der Waals surface area contributed by atoms with Crippen molar-refractivity contribution in [2.45, 2.75) is 45.6 Å². The van der Waals surface area contributed by atoms with Gasteiger partial charge >= 0.3 is 0 Å². The van der Waals surface area contributed by atoms with Crippen LogP contribution in [0.3, 0.4) is 0 Å². The molecule has 1 aromatic rings. The molecule has 1 aliphatic heterocycles. The van der Waals surface area contributed by atoms with Crippen molar-refractivity contribution >= 4 is 12.0 Å². The minimum atomic E-state index is 0.204. The summed E-state index contributed by atoms with van der Waals surface area (Å²) in [5.74, 6) is 0.204. The first kappa shape index (κ1) is 13.9. The van der Waals surface area contributed by atoms with Crippen LogP contribution in [0.5, 0.6) is 0 Å². The highest BCUT2D eigenvalue weighted by Gasteiger charge is 2.25. The Bertz CT molecular complexity index is 450. The first-order chi connectivity index (χ1) is 9.22. The normalized spacial score (nSPS) is 20.4. The number of piperidine rings is 1.